The average Bonchev–Trinajstić information content (AvgIpc) is 2.58. The van der Waals surface area contributed by atoms with E-state index in [2.05, 4.69) is 15.5 Å². The highest BCUT2D eigenvalue weighted by Gasteiger charge is 2.41. The van der Waals surface area contributed by atoms with Gasteiger partial charge in [0, 0.05) is 7.05 Å². The number of carbonyl (C=O) groups excluding carboxylic acids is 1. The lowest BCUT2D eigenvalue weighted by atomic mass is 9.98. The van der Waals surface area contributed by atoms with E-state index in [4.69, 9.17) is 5.11 Å². The molecule has 1 aliphatic heterocycles. The predicted octanol–water partition coefficient (Wildman–Crippen LogP) is 0.275. The molecule has 0 spiro atoms. The topological polar surface area (TPSA) is 98.3 Å². The molecule has 0 unspecified atom stereocenters. The predicted molar refractivity (Wildman–Crippen MR) is 56.7 cm³/mol. The molecule has 0 aromatic carbocycles. The molecular weight excluding hydrogens is 212 g/mol. The van der Waals surface area contributed by atoms with Crippen LogP contribution in [0.1, 0.15) is 24.3 Å². The van der Waals surface area contributed by atoms with Crippen LogP contribution in [0.2, 0.25) is 0 Å². The monoisotopic (exact) mass is 224 g/mol. The zero-order chi connectivity index (χ0) is 12.1. The number of hydrogen-bond donors (Lipinski definition) is 3. The molecule has 0 radical (unpaired) electrons. The van der Waals surface area contributed by atoms with Crippen LogP contribution in [0.4, 0.5) is 11.5 Å². The van der Waals surface area contributed by atoms with Crippen LogP contribution < -0.4 is 10.2 Å². The van der Waals surface area contributed by atoms with Crippen LogP contribution in [0.3, 0.4) is 0 Å². The highest BCUT2D eigenvalue weighted by Crippen LogP contribution is 2.36. The van der Waals surface area contributed by atoms with Crippen molar-refractivity contribution in [2.45, 2.75) is 19.4 Å². The molecule has 1 aliphatic rings. The summed E-state index contributed by atoms with van der Waals surface area (Å²) in [5.74, 6) is -1.07. The van der Waals surface area contributed by atoms with Gasteiger partial charge in [-0.05, 0) is 13.8 Å². The van der Waals surface area contributed by atoms with Gasteiger partial charge in [0.1, 0.15) is 11.2 Å². The summed E-state index contributed by atoms with van der Waals surface area (Å²) in [7, 11) is 1.67. The number of likely N-dealkylation sites (N-methyl/N-ethyl adjacent to an activating group) is 1. The largest absolute Gasteiger partial charge is 0.476 e. The molecule has 1 amide bonds. The van der Waals surface area contributed by atoms with Gasteiger partial charge in [-0.2, -0.15) is 5.10 Å². The van der Waals surface area contributed by atoms with Crippen molar-refractivity contribution < 1.29 is 14.7 Å². The maximum absolute atomic E-state index is 11.7. The number of H-pyrrole nitrogens is 1. The highest BCUT2D eigenvalue weighted by molar-refractivity contribution is 6.08. The van der Waals surface area contributed by atoms with Crippen molar-refractivity contribution >= 4 is 23.4 Å². The molecule has 1 aromatic rings. The molecule has 0 saturated carbocycles. The second-order valence-electron chi connectivity index (χ2n) is 4.17. The fraction of sp³-hybridized carbons (Fsp3) is 0.444. The number of rotatable bonds is 1. The van der Waals surface area contributed by atoms with Crippen molar-refractivity contribution in [2.75, 3.05) is 17.3 Å². The first-order valence-corrected chi connectivity index (χ1v) is 4.72. The van der Waals surface area contributed by atoms with Crippen LogP contribution in [-0.2, 0) is 4.79 Å². The number of carboxylic acids is 1. The van der Waals surface area contributed by atoms with Gasteiger partial charge in [-0.25, -0.2) is 4.79 Å². The Kier molecular flexibility index (Phi) is 1.94. The number of fused-ring (bicyclic) bond motifs is 1. The van der Waals surface area contributed by atoms with Crippen molar-refractivity contribution in [2.24, 2.45) is 0 Å². The summed E-state index contributed by atoms with van der Waals surface area (Å²) in [6.07, 6.45) is 0. The maximum atomic E-state index is 11.7. The van der Waals surface area contributed by atoms with Crippen LogP contribution in [0, 0.1) is 0 Å². The van der Waals surface area contributed by atoms with Gasteiger partial charge in [0.2, 0.25) is 0 Å². The standard InChI is InChI=1S/C9H12N4O3/c1-9(2)8(16)10-6-5(13(9)3)4(7(14)15)11-12-6/h1-3H3,(H,14,15)(H2,10,11,12,16). The van der Waals surface area contributed by atoms with E-state index in [0.29, 0.717) is 5.69 Å². The van der Waals surface area contributed by atoms with Crippen LogP contribution in [0.5, 0.6) is 0 Å². The number of aromatic carboxylic acids is 1. The summed E-state index contributed by atoms with van der Waals surface area (Å²) in [6.45, 7) is 3.42. The quantitative estimate of drug-likeness (QED) is 0.636. The SMILES string of the molecule is CN1c2c(n[nH]c2C(=O)O)NC(=O)C1(C)C. The van der Waals surface area contributed by atoms with Crippen molar-refractivity contribution in [3.63, 3.8) is 0 Å². The van der Waals surface area contributed by atoms with Crippen molar-refractivity contribution in [3.8, 4) is 0 Å². The van der Waals surface area contributed by atoms with Crippen molar-refractivity contribution in [3.05, 3.63) is 5.69 Å². The first-order valence-electron chi connectivity index (χ1n) is 4.72. The molecule has 2 heterocycles. The fourth-order valence-corrected chi connectivity index (χ4v) is 1.59. The molecule has 1 aromatic heterocycles. The van der Waals surface area contributed by atoms with E-state index in [9.17, 15) is 9.59 Å². The van der Waals surface area contributed by atoms with Gasteiger partial charge in [-0.3, -0.25) is 9.89 Å². The van der Waals surface area contributed by atoms with E-state index in [0.717, 1.165) is 0 Å². The van der Waals surface area contributed by atoms with E-state index in [1.54, 1.807) is 25.8 Å². The third-order valence-corrected chi connectivity index (χ3v) is 2.92. The number of amides is 1. The van der Waals surface area contributed by atoms with Crippen molar-refractivity contribution in [1.82, 2.24) is 10.2 Å². The third-order valence-electron chi connectivity index (χ3n) is 2.92. The van der Waals surface area contributed by atoms with Gasteiger partial charge >= 0.3 is 5.97 Å². The number of carboxylic acid groups (broad SMARTS) is 1. The Bertz CT molecular complexity index is 477. The Morgan fingerprint density at radius 1 is 1.50 bits per heavy atom. The lowest BCUT2D eigenvalue weighted by molar-refractivity contribution is -0.120. The first kappa shape index (κ1) is 10.5. The van der Waals surface area contributed by atoms with Gasteiger partial charge < -0.3 is 15.3 Å². The number of nitrogens with one attached hydrogen (secondary N) is 2. The van der Waals surface area contributed by atoms with Crippen molar-refractivity contribution in [1.29, 1.82) is 0 Å². The molecule has 3 N–H and O–H groups in total. The molecule has 0 aliphatic carbocycles. The number of aromatic amines is 1. The number of anilines is 2. The van der Waals surface area contributed by atoms with E-state index in [1.165, 1.54) is 0 Å². The van der Waals surface area contributed by atoms with E-state index in [1.807, 2.05) is 0 Å². The molecule has 0 bridgehead atoms. The number of nitrogens with zero attached hydrogens (tertiary/aromatic N) is 2. The Morgan fingerprint density at radius 3 is 2.69 bits per heavy atom. The van der Waals surface area contributed by atoms with E-state index in [-0.39, 0.29) is 17.4 Å². The molecule has 0 saturated heterocycles. The van der Waals surface area contributed by atoms with E-state index < -0.39 is 11.5 Å². The van der Waals surface area contributed by atoms with Crippen LogP contribution in [0.25, 0.3) is 0 Å². The zero-order valence-corrected chi connectivity index (χ0v) is 9.16. The van der Waals surface area contributed by atoms with Gasteiger partial charge in [-0.15, -0.1) is 0 Å². The highest BCUT2D eigenvalue weighted by atomic mass is 16.4. The lowest BCUT2D eigenvalue weighted by Crippen LogP contribution is -2.54. The van der Waals surface area contributed by atoms with Gasteiger partial charge in [0.25, 0.3) is 5.91 Å². The lowest BCUT2D eigenvalue weighted by Gasteiger charge is -2.39. The summed E-state index contributed by atoms with van der Waals surface area (Å²) >= 11 is 0. The normalized spacial score (nSPS) is 17.9. The Balaban J connectivity index is 2.60. The summed E-state index contributed by atoms with van der Waals surface area (Å²) < 4.78 is 0. The zero-order valence-electron chi connectivity index (χ0n) is 9.16. The molecule has 0 atom stereocenters. The minimum atomic E-state index is -1.10. The smallest absolute Gasteiger partial charge is 0.356 e. The van der Waals surface area contributed by atoms with Gasteiger partial charge in [0.15, 0.2) is 11.5 Å². The first-order chi connectivity index (χ1) is 7.35. The number of aromatic nitrogens is 2. The number of carbonyl (C=O) groups is 2. The fourth-order valence-electron chi connectivity index (χ4n) is 1.59. The summed E-state index contributed by atoms with van der Waals surface area (Å²) in [4.78, 5) is 24.3. The summed E-state index contributed by atoms with van der Waals surface area (Å²) in [5, 5.41) is 17.7. The molecule has 7 heteroatoms. The third kappa shape index (κ3) is 1.17. The van der Waals surface area contributed by atoms with Gasteiger partial charge in [-0.1, -0.05) is 0 Å². The minimum Gasteiger partial charge on any atom is -0.476 e. The number of hydrogen-bond acceptors (Lipinski definition) is 4. The maximum Gasteiger partial charge on any atom is 0.356 e. The average molecular weight is 224 g/mol. The van der Waals surface area contributed by atoms with Crippen LogP contribution >= 0.6 is 0 Å². The molecule has 0 fully saturated rings. The van der Waals surface area contributed by atoms with Crippen LogP contribution in [-0.4, -0.2) is 39.8 Å². The van der Waals surface area contributed by atoms with Crippen LogP contribution in [0.15, 0.2) is 0 Å². The molecule has 86 valence electrons. The molecule has 2 rings (SSSR count). The summed E-state index contributed by atoms with van der Waals surface area (Å²) in [6, 6.07) is 0. The van der Waals surface area contributed by atoms with E-state index >= 15 is 0 Å². The Hall–Kier alpha value is -2.05. The second-order valence-corrected chi connectivity index (χ2v) is 4.17. The molecule has 16 heavy (non-hydrogen) atoms. The summed E-state index contributed by atoms with van der Waals surface area (Å²) in [5.41, 5.74) is -0.427. The Morgan fingerprint density at radius 2 is 2.12 bits per heavy atom. The molecular formula is C9H12N4O3. The second kappa shape index (κ2) is 2.97. The van der Waals surface area contributed by atoms with Gasteiger partial charge in [0.05, 0.1) is 0 Å². The molecule has 7 nitrogen and oxygen atoms in total. The Labute approximate surface area is 91.4 Å². The minimum absolute atomic E-state index is 0.0226.